The minimum absolute atomic E-state index is 0.0660. The Labute approximate surface area is 118 Å². The molecule has 1 aliphatic heterocycles. The largest absolute Gasteiger partial charge is 0.444 e. The van der Waals surface area contributed by atoms with E-state index in [1.807, 2.05) is 20.8 Å². The molecule has 1 heterocycles. The number of benzene rings is 1. The van der Waals surface area contributed by atoms with Gasteiger partial charge in [0.25, 0.3) is 0 Å². The maximum absolute atomic E-state index is 13.9. The molecule has 0 aromatic heterocycles. The number of hydrogen-bond donors (Lipinski definition) is 1. The second-order valence-corrected chi connectivity index (χ2v) is 6.15. The molecule has 1 aliphatic rings. The molecule has 1 fully saturated rings. The van der Waals surface area contributed by atoms with Gasteiger partial charge in [0.2, 0.25) is 0 Å². The number of halogens is 1. The second kappa shape index (κ2) is 5.31. The number of carbonyl (C=O) groups excluding carboxylic acids is 1. The molecule has 20 heavy (non-hydrogen) atoms. The molecule has 5 heteroatoms. The van der Waals surface area contributed by atoms with Gasteiger partial charge in [-0.05, 0) is 39.3 Å². The number of amides is 1. The quantitative estimate of drug-likeness (QED) is 0.804. The fraction of sp³-hybridized carbons (Fsp3) is 0.533. The van der Waals surface area contributed by atoms with Crippen LogP contribution in [0.3, 0.4) is 0 Å². The van der Waals surface area contributed by atoms with Crippen molar-refractivity contribution in [1.29, 1.82) is 0 Å². The van der Waals surface area contributed by atoms with Crippen LogP contribution in [0.4, 0.5) is 14.9 Å². The first-order valence-corrected chi connectivity index (χ1v) is 6.80. The van der Waals surface area contributed by atoms with Gasteiger partial charge in [-0.3, -0.25) is 0 Å². The van der Waals surface area contributed by atoms with Crippen LogP contribution in [0.15, 0.2) is 18.2 Å². The van der Waals surface area contributed by atoms with Gasteiger partial charge >= 0.3 is 6.09 Å². The molecule has 1 saturated heterocycles. The summed E-state index contributed by atoms with van der Waals surface area (Å²) in [5.74, 6) is -0.371. The lowest BCUT2D eigenvalue weighted by Crippen LogP contribution is -2.35. The predicted octanol–water partition coefficient (Wildman–Crippen LogP) is 3.13. The fourth-order valence-corrected chi connectivity index (χ4v) is 2.47. The van der Waals surface area contributed by atoms with Gasteiger partial charge in [-0.2, -0.15) is 0 Å². The zero-order valence-electron chi connectivity index (χ0n) is 12.1. The number of hydrogen-bond acceptors (Lipinski definition) is 3. The minimum Gasteiger partial charge on any atom is -0.444 e. The lowest BCUT2D eigenvalue weighted by Gasteiger charge is -2.24. The number of ether oxygens (including phenoxy) is 1. The van der Waals surface area contributed by atoms with Crippen molar-refractivity contribution in [3.63, 3.8) is 0 Å². The second-order valence-electron chi connectivity index (χ2n) is 6.15. The van der Waals surface area contributed by atoms with E-state index in [2.05, 4.69) is 0 Å². The Hall–Kier alpha value is -1.78. The summed E-state index contributed by atoms with van der Waals surface area (Å²) < 4.78 is 19.2. The van der Waals surface area contributed by atoms with Crippen LogP contribution in [0.25, 0.3) is 0 Å². The molecule has 1 aromatic rings. The van der Waals surface area contributed by atoms with Gasteiger partial charge in [0.15, 0.2) is 0 Å². The molecule has 0 radical (unpaired) electrons. The van der Waals surface area contributed by atoms with Crippen LogP contribution in [0.5, 0.6) is 0 Å². The standard InChI is InChI=1S/C15H21FN2O2/c1-15(2,3)20-14(19)18-8-7-10(9-18)13-11(16)5-4-6-12(13)17/h4-6,10H,7-9,17H2,1-3H3. The number of nitrogen functional groups attached to an aromatic ring is 1. The van der Waals surface area contributed by atoms with Crippen LogP contribution in [0.1, 0.15) is 38.7 Å². The molecular formula is C15H21FN2O2. The van der Waals surface area contributed by atoms with Crippen molar-refractivity contribution in [2.75, 3.05) is 18.8 Å². The maximum atomic E-state index is 13.9. The van der Waals surface area contributed by atoms with Crippen molar-refractivity contribution in [3.05, 3.63) is 29.6 Å². The van der Waals surface area contributed by atoms with Crippen LogP contribution in [0.2, 0.25) is 0 Å². The number of nitrogens with zero attached hydrogens (tertiary/aromatic N) is 1. The lowest BCUT2D eigenvalue weighted by atomic mass is 9.96. The van der Waals surface area contributed by atoms with Gasteiger partial charge in [-0.25, -0.2) is 9.18 Å². The SMILES string of the molecule is CC(C)(C)OC(=O)N1CCC(c2c(N)cccc2F)C1. The zero-order chi connectivity index (χ0) is 14.9. The molecule has 2 rings (SSSR count). The Balaban J connectivity index is 2.08. The molecule has 0 bridgehead atoms. The molecule has 1 atom stereocenters. The monoisotopic (exact) mass is 280 g/mol. The predicted molar refractivity (Wildman–Crippen MR) is 76.0 cm³/mol. The van der Waals surface area contributed by atoms with E-state index in [1.165, 1.54) is 6.07 Å². The van der Waals surface area contributed by atoms with Gasteiger partial charge in [0.1, 0.15) is 11.4 Å². The molecule has 1 aromatic carbocycles. The topological polar surface area (TPSA) is 55.6 Å². The molecule has 0 spiro atoms. The minimum atomic E-state index is -0.522. The highest BCUT2D eigenvalue weighted by atomic mass is 19.1. The third-order valence-corrected chi connectivity index (χ3v) is 3.33. The lowest BCUT2D eigenvalue weighted by molar-refractivity contribution is 0.0292. The highest BCUT2D eigenvalue weighted by molar-refractivity contribution is 5.69. The Morgan fingerprint density at radius 3 is 2.75 bits per heavy atom. The molecule has 4 nitrogen and oxygen atoms in total. The summed E-state index contributed by atoms with van der Waals surface area (Å²) in [5, 5.41) is 0. The maximum Gasteiger partial charge on any atom is 0.410 e. The Morgan fingerprint density at radius 1 is 1.45 bits per heavy atom. The van der Waals surface area contributed by atoms with Gasteiger partial charge in [0.05, 0.1) is 0 Å². The van der Waals surface area contributed by atoms with Crippen LogP contribution in [-0.2, 0) is 4.74 Å². The van der Waals surface area contributed by atoms with Gasteiger partial charge in [0, 0.05) is 30.3 Å². The van der Waals surface area contributed by atoms with Crippen LogP contribution in [0, 0.1) is 5.82 Å². The van der Waals surface area contributed by atoms with E-state index >= 15 is 0 Å². The van der Waals surface area contributed by atoms with Crippen LogP contribution in [-0.4, -0.2) is 29.7 Å². The van der Waals surface area contributed by atoms with Crippen LogP contribution >= 0.6 is 0 Å². The zero-order valence-corrected chi connectivity index (χ0v) is 12.1. The summed E-state index contributed by atoms with van der Waals surface area (Å²) in [6.07, 6.45) is 0.347. The Kier molecular flexibility index (Phi) is 3.88. The van der Waals surface area contributed by atoms with Crippen molar-refractivity contribution in [2.45, 2.75) is 38.7 Å². The first-order valence-electron chi connectivity index (χ1n) is 6.80. The van der Waals surface area contributed by atoms with Crippen molar-refractivity contribution >= 4 is 11.8 Å². The van der Waals surface area contributed by atoms with E-state index in [-0.39, 0.29) is 17.8 Å². The third kappa shape index (κ3) is 3.21. The molecule has 0 saturated carbocycles. The summed E-state index contributed by atoms with van der Waals surface area (Å²) in [4.78, 5) is 13.6. The van der Waals surface area contributed by atoms with Crippen molar-refractivity contribution in [1.82, 2.24) is 4.90 Å². The average Bonchev–Trinajstić information content (AvgIpc) is 2.76. The summed E-state index contributed by atoms with van der Waals surface area (Å²) in [5.41, 5.74) is 6.29. The number of nitrogens with two attached hydrogens (primary N) is 1. The van der Waals surface area contributed by atoms with Crippen LogP contribution < -0.4 is 5.73 Å². The summed E-state index contributed by atoms with van der Waals surface area (Å²) in [7, 11) is 0. The van der Waals surface area contributed by atoms with E-state index in [4.69, 9.17) is 10.5 Å². The van der Waals surface area contributed by atoms with E-state index in [0.717, 1.165) is 0 Å². The normalized spacial score (nSPS) is 19.2. The van der Waals surface area contributed by atoms with Gasteiger partial charge in [-0.15, -0.1) is 0 Å². The number of rotatable bonds is 1. The summed E-state index contributed by atoms with van der Waals surface area (Å²) in [6.45, 7) is 6.49. The fourth-order valence-electron chi connectivity index (χ4n) is 2.47. The average molecular weight is 280 g/mol. The molecule has 1 unspecified atom stereocenters. The number of anilines is 1. The first-order chi connectivity index (χ1) is 9.28. The van der Waals surface area contributed by atoms with E-state index in [0.29, 0.717) is 30.8 Å². The highest BCUT2D eigenvalue weighted by Gasteiger charge is 2.32. The van der Waals surface area contributed by atoms with E-state index in [9.17, 15) is 9.18 Å². The third-order valence-electron chi connectivity index (χ3n) is 3.33. The van der Waals surface area contributed by atoms with E-state index < -0.39 is 5.60 Å². The molecular weight excluding hydrogens is 259 g/mol. The summed E-state index contributed by atoms with van der Waals surface area (Å²) >= 11 is 0. The number of likely N-dealkylation sites (tertiary alicyclic amines) is 1. The highest BCUT2D eigenvalue weighted by Crippen LogP contribution is 2.33. The molecule has 2 N–H and O–H groups in total. The first kappa shape index (κ1) is 14.6. The Bertz CT molecular complexity index is 491. The number of carbonyl (C=O) groups is 1. The Morgan fingerprint density at radius 2 is 2.15 bits per heavy atom. The smallest absolute Gasteiger partial charge is 0.410 e. The molecule has 110 valence electrons. The molecule has 0 aliphatic carbocycles. The molecule has 1 amide bonds. The van der Waals surface area contributed by atoms with Gasteiger partial charge < -0.3 is 15.4 Å². The van der Waals surface area contributed by atoms with Crippen molar-refractivity contribution in [2.24, 2.45) is 0 Å². The van der Waals surface area contributed by atoms with Crippen molar-refractivity contribution < 1.29 is 13.9 Å². The van der Waals surface area contributed by atoms with Crippen molar-refractivity contribution in [3.8, 4) is 0 Å². The van der Waals surface area contributed by atoms with Gasteiger partial charge in [-0.1, -0.05) is 6.07 Å². The van der Waals surface area contributed by atoms with E-state index in [1.54, 1.807) is 17.0 Å². The summed E-state index contributed by atoms with van der Waals surface area (Å²) in [6, 6.07) is 4.69.